The van der Waals surface area contributed by atoms with Crippen LogP contribution in [-0.2, 0) is 6.42 Å². The number of hydrogen-bond donors (Lipinski definition) is 2. The molecule has 2 aromatic rings. The van der Waals surface area contributed by atoms with Crippen LogP contribution in [0.3, 0.4) is 0 Å². The second-order valence-electron chi connectivity index (χ2n) is 3.34. The van der Waals surface area contributed by atoms with Gasteiger partial charge in [0.15, 0.2) is 0 Å². The second kappa shape index (κ2) is 3.58. The summed E-state index contributed by atoms with van der Waals surface area (Å²) in [6.07, 6.45) is 0.943. The summed E-state index contributed by atoms with van der Waals surface area (Å²) in [7, 11) is 0. The molecule has 0 amide bonds. The lowest BCUT2D eigenvalue weighted by Crippen LogP contribution is -1.87. The zero-order valence-electron chi connectivity index (χ0n) is 8.25. The van der Waals surface area contributed by atoms with Gasteiger partial charge in [0.25, 0.3) is 0 Å². The first-order chi connectivity index (χ1) is 6.81. The third-order valence-electron chi connectivity index (χ3n) is 2.37. The molecule has 0 saturated carbocycles. The summed E-state index contributed by atoms with van der Waals surface area (Å²) in [6, 6.07) is 12.2. The van der Waals surface area contributed by atoms with Gasteiger partial charge in [-0.05, 0) is 18.1 Å². The van der Waals surface area contributed by atoms with Crippen LogP contribution >= 0.6 is 0 Å². The number of aromatic amines is 1. The molecule has 72 valence electrons. The van der Waals surface area contributed by atoms with Gasteiger partial charge in [0.1, 0.15) is 0 Å². The Morgan fingerprint density at radius 1 is 1.21 bits per heavy atom. The third kappa shape index (κ3) is 1.51. The first-order valence-corrected chi connectivity index (χ1v) is 4.84. The summed E-state index contributed by atoms with van der Waals surface area (Å²) in [5.74, 6) is 0. The van der Waals surface area contributed by atoms with Gasteiger partial charge in [-0.25, -0.2) is 0 Å². The summed E-state index contributed by atoms with van der Waals surface area (Å²) in [4.78, 5) is 3.32. The Morgan fingerprint density at radius 3 is 2.50 bits per heavy atom. The van der Waals surface area contributed by atoms with Gasteiger partial charge < -0.3 is 10.7 Å². The molecular weight excluding hydrogens is 172 g/mol. The molecule has 0 aliphatic rings. The van der Waals surface area contributed by atoms with Gasteiger partial charge in [0, 0.05) is 11.4 Å². The number of hydrogen-bond acceptors (Lipinski definition) is 1. The highest BCUT2D eigenvalue weighted by Crippen LogP contribution is 2.23. The molecule has 1 heterocycles. The highest BCUT2D eigenvalue weighted by molar-refractivity contribution is 5.66. The Hall–Kier alpha value is -1.70. The number of nitrogens with two attached hydrogens (primary N) is 1. The molecule has 14 heavy (non-hydrogen) atoms. The number of nitrogen functional groups attached to an aromatic ring is 1. The minimum atomic E-state index is 0.853. The maximum absolute atomic E-state index is 5.86. The Balaban J connectivity index is 2.43. The monoisotopic (exact) mass is 186 g/mol. The normalized spacial score (nSPS) is 10.4. The zero-order valence-corrected chi connectivity index (χ0v) is 8.25. The van der Waals surface area contributed by atoms with Crippen molar-refractivity contribution in [3.8, 4) is 11.3 Å². The van der Waals surface area contributed by atoms with Gasteiger partial charge in [-0.15, -0.1) is 0 Å². The van der Waals surface area contributed by atoms with Gasteiger partial charge in [-0.1, -0.05) is 37.3 Å². The van der Waals surface area contributed by atoms with Crippen LogP contribution < -0.4 is 5.73 Å². The molecule has 1 aromatic heterocycles. The lowest BCUT2D eigenvalue weighted by molar-refractivity contribution is 1.07. The number of aryl methyl sites for hydroxylation is 1. The summed E-state index contributed by atoms with van der Waals surface area (Å²) < 4.78 is 0. The molecule has 0 aliphatic heterocycles. The van der Waals surface area contributed by atoms with Gasteiger partial charge in [-0.2, -0.15) is 0 Å². The number of H-pyrrole nitrogens is 1. The average Bonchev–Trinajstić information content (AvgIpc) is 2.61. The number of nitrogens with one attached hydrogen (secondary N) is 1. The van der Waals surface area contributed by atoms with Crippen molar-refractivity contribution in [2.75, 3.05) is 5.73 Å². The van der Waals surface area contributed by atoms with Crippen LogP contribution in [0.15, 0.2) is 36.4 Å². The van der Waals surface area contributed by atoms with Crippen molar-refractivity contribution in [2.24, 2.45) is 0 Å². The molecule has 0 bridgehead atoms. The van der Waals surface area contributed by atoms with Gasteiger partial charge in [0.2, 0.25) is 0 Å². The highest BCUT2D eigenvalue weighted by atomic mass is 14.8. The summed E-state index contributed by atoms with van der Waals surface area (Å²) in [6.45, 7) is 2.09. The molecule has 0 saturated heterocycles. The van der Waals surface area contributed by atoms with Crippen LogP contribution in [0.25, 0.3) is 11.3 Å². The molecule has 3 N–H and O–H groups in total. The van der Waals surface area contributed by atoms with Crippen molar-refractivity contribution < 1.29 is 0 Å². The lowest BCUT2D eigenvalue weighted by atomic mass is 10.2. The van der Waals surface area contributed by atoms with E-state index in [1.807, 2.05) is 24.3 Å². The molecule has 0 spiro atoms. The highest BCUT2D eigenvalue weighted by Gasteiger charge is 2.04. The summed E-state index contributed by atoms with van der Waals surface area (Å²) in [5, 5.41) is 0. The van der Waals surface area contributed by atoms with E-state index >= 15 is 0 Å². The maximum atomic E-state index is 5.86. The van der Waals surface area contributed by atoms with E-state index in [-0.39, 0.29) is 0 Å². The molecule has 0 atom stereocenters. The zero-order chi connectivity index (χ0) is 9.97. The molecule has 2 heteroatoms. The molecule has 0 radical (unpaired) electrons. The molecule has 0 aliphatic carbocycles. The van der Waals surface area contributed by atoms with E-state index in [9.17, 15) is 0 Å². The number of anilines is 1. The van der Waals surface area contributed by atoms with E-state index in [0.29, 0.717) is 0 Å². The van der Waals surface area contributed by atoms with E-state index in [2.05, 4.69) is 24.0 Å². The van der Waals surface area contributed by atoms with Crippen LogP contribution in [0.1, 0.15) is 12.6 Å². The van der Waals surface area contributed by atoms with Crippen molar-refractivity contribution >= 4 is 5.69 Å². The van der Waals surface area contributed by atoms with Gasteiger partial charge in [0.05, 0.1) is 5.69 Å². The van der Waals surface area contributed by atoms with Crippen molar-refractivity contribution in [1.29, 1.82) is 0 Å². The van der Waals surface area contributed by atoms with Crippen LogP contribution in [0.5, 0.6) is 0 Å². The fourth-order valence-electron chi connectivity index (χ4n) is 1.58. The summed E-state index contributed by atoms with van der Waals surface area (Å²) >= 11 is 0. The SMILES string of the molecule is CCc1[nH]c(-c2ccccc2)cc1N. The molecule has 2 rings (SSSR count). The van der Waals surface area contributed by atoms with Crippen molar-refractivity contribution in [3.63, 3.8) is 0 Å². The van der Waals surface area contributed by atoms with Crippen LogP contribution in [0, 0.1) is 0 Å². The van der Waals surface area contributed by atoms with E-state index in [0.717, 1.165) is 23.5 Å². The quantitative estimate of drug-likeness (QED) is 0.744. The standard InChI is InChI=1S/C12H14N2/c1-2-11-10(13)8-12(14-11)9-6-4-3-5-7-9/h3-8,14H,2,13H2,1H3. The fourth-order valence-corrected chi connectivity index (χ4v) is 1.58. The molecule has 0 unspecified atom stereocenters. The largest absolute Gasteiger partial charge is 0.397 e. The fraction of sp³-hybridized carbons (Fsp3) is 0.167. The minimum Gasteiger partial charge on any atom is -0.397 e. The van der Waals surface area contributed by atoms with Crippen molar-refractivity contribution in [3.05, 3.63) is 42.1 Å². The molecule has 1 aromatic carbocycles. The van der Waals surface area contributed by atoms with E-state index in [1.54, 1.807) is 0 Å². The smallest absolute Gasteiger partial charge is 0.0531 e. The number of benzene rings is 1. The Labute approximate surface area is 83.8 Å². The Kier molecular flexibility index (Phi) is 2.27. The van der Waals surface area contributed by atoms with E-state index in [4.69, 9.17) is 5.73 Å². The van der Waals surface area contributed by atoms with E-state index < -0.39 is 0 Å². The van der Waals surface area contributed by atoms with Gasteiger partial charge in [-0.3, -0.25) is 0 Å². The van der Waals surface area contributed by atoms with Crippen molar-refractivity contribution in [1.82, 2.24) is 4.98 Å². The number of rotatable bonds is 2. The predicted octanol–water partition coefficient (Wildman–Crippen LogP) is 2.83. The van der Waals surface area contributed by atoms with Crippen LogP contribution in [0.4, 0.5) is 5.69 Å². The molecule has 2 nitrogen and oxygen atoms in total. The Morgan fingerprint density at radius 2 is 1.93 bits per heavy atom. The minimum absolute atomic E-state index is 0.853. The predicted molar refractivity (Wildman–Crippen MR) is 60.0 cm³/mol. The lowest BCUT2D eigenvalue weighted by Gasteiger charge is -1.96. The van der Waals surface area contributed by atoms with E-state index in [1.165, 1.54) is 5.56 Å². The summed E-state index contributed by atoms with van der Waals surface area (Å²) in [5.41, 5.74) is 10.1. The maximum Gasteiger partial charge on any atom is 0.0531 e. The first kappa shape index (κ1) is 8.88. The van der Waals surface area contributed by atoms with Gasteiger partial charge >= 0.3 is 0 Å². The third-order valence-corrected chi connectivity index (χ3v) is 2.37. The van der Waals surface area contributed by atoms with Crippen molar-refractivity contribution in [2.45, 2.75) is 13.3 Å². The second-order valence-corrected chi connectivity index (χ2v) is 3.34. The average molecular weight is 186 g/mol. The topological polar surface area (TPSA) is 41.8 Å². The molecular formula is C12H14N2. The Bertz CT molecular complexity index is 415. The first-order valence-electron chi connectivity index (χ1n) is 4.84. The van der Waals surface area contributed by atoms with Crippen LogP contribution in [-0.4, -0.2) is 4.98 Å². The van der Waals surface area contributed by atoms with Crippen LogP contribution in [0.2, 0.25) is 0 Å². The molecule has 0 fully saturated rings. The number of aromatic nitrogens is 1.